The van der Waals surface area contributed by atoms with Gasteiger partial charge in [-0.1, -0.05) is 0 Å². The highest BCUT2D eigenvalue weighted by atomic mass is 79.9. The van der Waals surface area contributed by atoms with Gasteiger partial charge in [0.15, 0.2) is 5.65 Å². The minimum Gasteiger partial charge on any atom is -0.497 e. The van der Waals surface area contributed by atoms with Gasteiger partial charge >= 0.3 is 0 Å². The Morgan fingerprint density at radius 1 is 1.17 bits per heavy atom. The third-order valence-electron chi connectivity index (χ3n) is 3.87. The summed E-state index contributed by atoms with van der Waals surface area (Å²) in [5.74, 6) is 1.53. The molecule has 0 amide bonds. The Morgan fingerprint density at radius 3 is 2.78 bits per heavy atom. The molecule has 0 saturated heterocycles. The molecule has 5 nitrogen and oxygen atoms in total. The van der Waals surface area contributed by atoms with Gasteiger partial charge in [-0.2, -0.15) is 0 Å². The summed E-state index contributed by atoms with van der Waals surface area (Å²) in [6.07, 6.45) is 1.72. The first-order valence-electron chi connectivity index (χ1n) is 7.19. The molecule has 2 aromatic heterocycles. The Morgan fingerprint density at radius 2 is 2.00 bits per heavy atom. The van der Waals surface area contributed by atoms with Gasteiger partial charge in [-0.05, 0) is 54.0 Å². The van der Waals surface area contributed by atoms with Crippen molar-refractivity contribution in [2.75, 3.05) is 7.11 Å². The van der Waals surface area contributed by atoms with Crippen LogP contribution in [0.3, 0.4) is 0 Å². The number of aromatic nitrogens is 3. The SMILES string of the molecule is COc1ccc2c(c1)-c1nc3ncc(Br)cc3nc1C(C)(C)O2. The average Bonchev–Trinajstić information content (AvgIpc) is 2.53. The van der Waals surface area contributed by atoms with Crippen molar-refractivity contribution in [2.24, 2.45) is 0 Å². The second-order valence-corrected chi connectivity index (χ2v) is 6.81. The van der Waals surface area contributed by atoms with E-state index < -0.39 is 5.60 Å². The lowest BCUT2D eigenvalue weighted by Crippen LogP contribution is -2.31. The smallest absolute Gasteiger partial charge is 0.178 e. The molecule has 0 unspecified atom stereocenters. The Labute approximate surface area is 141 Å². The van der Waals surface area contributed by atoms with Gasteiger partial charge in [-0.15, -0.1) is 0 Å². The van der Waals surface area contributed by atoms with E-state index in [2.05, 4.69) is 20.9 Å². The van der Waals surface area contributed by atoms with E-state index >= 15 is 0 Å². The van der Waals surface area contributed by atoms with Crippen molar-refractivity contribution in [3.05, 3.63) is 40.6 Å². The van der Waals surface area contributed by atoms with Gasteiger partial charge in [0.05, 0.1) is 7.11 Å². The highest BCUT2D eigenvalue weighted by molar-refractivity contribution is 9.10. The van der Waals surface area contributed by atoms with Crippen molar-refractivity contribution in [2.45, 2.75) is 19.4 Å². The van der Waals surface area contributed by atoms with Crippen LogP contribution in [-0.2, 0) is 5.60 Å². The topological polar surface area (TPSA) is 57.1 Å². The lowest BCUT2D eigenvalue weighted by Gasteiger charge is -2.33. The Bertz CT molecular complexity index is 941. The summed E-state index contributed by atoms with van der Waals surface area (Å²) in [5.41, 5.74) is 3.24. The van der Waals surface area contributed by atoms with Crippen molar-refractivity contribution in [1.29, 1.82) is 0 Å². The molecule has 23 heavy (non-hydrogen) atoms. The Hall–Kier alpha value is -2.21. The predicted molar refractivity (Wildman–Crippen MR) is 90.7 cm³/mol. The van der Waals surface area contributed by atoms with Crippen molar-refractivity contribution in [3.8, 4) is 22.8 Å². The number of rotatable bonds is 1. The molecule has 1 aliphatic heterocycles. The molecule has 0 saturated carbocycles. The normalized spacial score (nSPS) is 14.8. The second-order valence-electron chi connectivity index (χ2n) is 5.89. The summed E-state index contributed by atoms with van der Waals surface area (Å²) in [6, 6.07) is 7.61. The summed E-state index contributed by atoms with van der Waals surface area (Å²) < 4.78 is 12.3. The zero-order valence-corrected chi connectivity index (χ0v) is 14.5. The molecule has 0 aliphatic carbocycles. The first kappa shape index (κ1) is 14.4. The van der Waals surface area contributed by atoms with Gasteiger partial charge in [0, 0.05) is 16.2 Å². The summed E-state index contributed by atoms with van der Waals surface area (Å²) in [4.78, 5) is 13.9. The molecular weight excluding hydrogens is 358 g/mol. The monoisotopic (exact) mass is 371 g/mol. The van der Waals surface area contributed by atoms with Crippen molar-refractivity contribution >= 4 is 27.1 Å². The standard InChI is InChI=1S/C17H14BrN3O2/c1-17(2)15-14(11-7-10(22-3)4-5-13(11)23-17)21-16-12(20-15)6-9(18)8-19-16/h4-8H,1-3H3. The zero-order valence-electron chi connectivity index (χ0n) is 12.9. The molecule has 3 aromatic rings. The van der Waals surface area contributed by atoms with E-state index in [-0.39, 0.29) is 0 Å². The van der Waals surface area contributed by atoms with Gasteiger partial charge in [-0.3, -0.25) is 0 Å². The summed E-state index contributed by atoms with van der Waals surface area (Å²) in [6.45, 7) is 3.98. The molecule has 1 aromatic carbocycles. The number of hydrogen-bond acceptors (Lipinski definition) is 5. The van der Waals surface area contributed by atoms with Crippen LogP contribution in [0.1, 0.15) is 19.5 Å². The molecule has 0 atom stereocenters. The maximum absolute atomic E-state index is 6.13. The third kappa shape index (κ3) is 2.25. The van der Waals surface area contributed by atoms with Crippen molar-refractivity contribution in [3.63, 3.8) is 0 Å². The van der Waals surface area contributed by atoms with Crippen LogP contribution in [0.15, 0.2) is 34.9 Å². The number of halogens is 1. The predicted octanol–water partition coefficient (Wildman–Crippen LogP) is 4.09. The van der Waals surface area contributed by atoms with Gasteiger partial charge in [0.2, 0.25) is 0 Å². The van der Waals surface area contributed by atoms with E-state index in [0.29, 0.717) is 5.65 Å². The van der Waals surface area contributed by atoms with Crippen LogP contribution in [0, 0.1) is 0 Å². The molecule has 0 bridgehead atoms. The molecule has 1 aliphatic rings. The number of fused-ring (bicyclic) bond motifs is 4. The summed E-state index contributed by atoms with van der Waals surface area (Å²) >= 11 is 3.42. The molecule has 0 N–H and O–H groups in total. The van der Waals surface area contributed by atoms with Crippen LogP contribution in [-0.4, -0.2) is 22.1 Å². The van der Waals surface area contributed by atoms with Crippen LogP contribution in [0.2, 0.25) is 0 Å². The number of methoxy groups -OCH3 is 1. The molecule has 6 heteroatoms. The molecule has 0 spiro atoms. The fraction of sp³-hybridized carbons (Fsp3) is 0.235. The fourth-order valence-electron chi connectivity index (χ4n) is 2.76. The Balaban J connectivity index is 2.05. The highest BCUT2D eigenvalue weighted by Crippen LogP contribution is 2.45. The number of hydrogen-bond donors (Lipinski definition) is 0. The maximum Gasteiger partial charge on any atom is 0.178 e. The van der Waals surface area contributed by atoms with Gasteiger partial charge in [0.25, 0.3) is 0 Å². The van der Waals surface area contributed by atoms with E-state index in [0.717, 1.165) is 38.4 Å². The number of benzene rings is 1. The number of pyridine rings is 1. The van der Waals surface area contributed by atoms with Gasteiger partial charge in [-0.25, -0.2) is 15.0 Å². The van der Waals surface area contributed by atoms with E-state index in [1.807, 2.05) is 38.1 Å². The number of ether oxygens (including phenoxy) is 2. The van der Waals surface area contributed by atoms with Crippen LogP contribution in [0.4, 0.5) is 0 Å². The van der Waals surface area contributed by atoms with E-state index in [4.69, 9.17) is 19.4 Å². The minimum absolute atomic E-state index is 0.569. The van der Waals surface area contributed by atoms with Crippen molar-refractivity contribution < 1.29 is 9.47 Å². The first-order valence-corrected chi connectivity index (χ1v) is 7.98. The molecule has 0 radical (unpaired) electrons. The van der Waals surface area contributed by atoms with Gasteiger partial charge in [0.1, 0.15) is 34.0 Å². The quantitative estimate of drug-likeness (QED) is 0.644. The molecule has 4 rings (SSSR count). The summed E-state index contributed by atoms with van der Waals surface area (Å²) in [5, 5.41) is 0. The maximum atomic E-state index is 6.13. The lowest BCUT2D eigenvalue weighted by atomic mass is 9.94. The molecular formula is C17H14BrN3O2. The van der Waals surface area contributed by atoms with Crippen molar-refractivity contribution in [1.82, 2.24) is 15.0 Å². The van der Waals surface area contributed by atoms with Crippen LogP contribution < -0.4 is 9.47 Å². The average molecular weight is 372 g/mol. The zero-order chi connectivity index (χ0) is 16.2. The minimum atomic E-state index is -0.569. The van der Waals surface area contributed by atoms with Gasteiger partial charge < -0.3 is 9.47 Å². The van der Waals surface area contributed by atoms with Crippen LogP contribution in [0.25, 0.3) is 22.4 Å². The second kappa shape index (κ2) is 4.89. The van der Waals surface area contributed by atoms with E-state index in [9.17, 15) is 0 Å². The highest BCUT2D eigenvalue weighted by Gasteiger charge is 2.36. The fourth-order valence-corrected chi connectivity index (χ4v) is 3.08. The molecule has 0 fully saturated rings. The largest absolute Gasteiger partial charge is 0.497 e. The Kier molecular flexibility index (Phi) is 3.06. The van der Waals surface area contributed by atoms with Crippen LogP contribution in [0.5, 0.6) is 11.5 Å². The van der Waals surface area contributed by atoms with E-state index in [1.165, 1.54) is 0 Å². The lowest BCUT2D eigenvalue weighted by molar-refractivity contribution is 0.100. The van der Waals surface area contributed by atoms with E-state index in [1.54, 1.807) is 13.3 Å². The molecule has 3 heterocycles. The molecule has 116 valence electrons. The third-order valence-corrected chi connectivity index (χ3v) is 4.30. The van der Waals surface area contributed by atoms with Crippen LogP contribution >= 0.6 is 15.9 Å². The number of nitrogens with zero attached hydrogens (tertiary/aromatic N) is 3. The summed E-state index contributed by atoms with van der Waals surface area (Å²) in [7, 11) is 1.64. The first-order chi connectivity index (χ1) is 11.0.